The topological polar surface area (TPSA) is 160 Å². The maximum Gasteiger partial charge on any atom is 0.408 e. The molecule has 7 rings (SSSR count). The van der Waals surface area contributed by atoms with Gasteiger partial charge in [0.1, 0.15) is 29.7 Å². The molecule has 0 radical (unpaired) electrons. The molecule has 2 aromatic heterocycles. The molecule has 2 aliphatic heterocycles. The number of anilines is 1. The van der Waals surface area contributed by atoms with E-state index in [0.29, 0.717) is 23.6 Å². The lowest BCUT2D eigenvalue weighted by atomic mass is 9.93. The van der Waals surface area contributed by atoms with E-state index in [-0.39, 0.29) is 55.1 Å². The van der Waals surface area contributed by atoms with E-state index >= 15 is 0 Å². The summed E-state index contributed by atoms with van der Waals surface area (Å²) in [5.41, 5.74) is 4.26. The number of fused-ring (bicyclic) bond motifs is 3. The highest BCUT2D eigenvalue weighted by Gasteiger charge is 2.64. The van der Waals surface area contributed by atoms with Crippen molar-refractivity contribution >= 4 is 52.5 Å². The highest BCUT2D eigenvalue weighted by molar-refractivity contribution is 7.59. The number of amides is 2. The molecule has 0 spiro atoms. The van der Waals surface area contributed by atoms with E-state index in [1.54, 1.807) is 4.90 Å². The minimum Gasteiger partial charge on any atom is -0.488 e. The van der Waals surface area contributed by atoms with Crippen LogP contribution in [-0.4, -0.2) is 86.2 Å². The first-order chi connectivity index (χ1) is 27.1. The highest BCUT2D eigenvalue weighted by Crippen LogP contribution is 2.72. The predicted molar refractivity (Wildman–Crippen MR) is 224 cm³/mol. The van der Waals surface area contributed by atoms with E-state index in [9.17, 15) is 23.8 Å². The van der Waals surface area contributed by atoms with Crippen LogP contribution >= 0.6 is 18.7 Å². The second-order valence-corrected chi connectivity index (χ2v) is 21.2. The molecule has 14 heteroatoms. The molecule has 2 saturated heterocycles. The van der Waals surface area contributed by atoms with Crippen molar-refractivity contribution in [3.63, 3.8) is 0 Å². The summed E-state index contributed by atoms with van der Waals surface area (Å²) >= 11 is 1.51. The van der Waals surface area contributed by atoms with Crippen molar-refractivity contribution in [2.75, 3.05) is 18.5 Å². The summed E-state index contributed by atoms with van der Waals surface area (Å²) < 4.78 is 26.2. The number of rotatable bonds is 8. The molecular weight excluding hydrogens is 762 g/mol. The van der Waals surface area contributed by atoms with Gasteiger partial charge in [-0.05, 0) is 102 Å². The van der Waals surface area contributed by atoms with Gasteiger partial charge < -0.3 is 29.9 Å². The minimum absolute atomic E-state index is 0.000946. The Kier molecular flexibility index (Phi) is 12.4. The molecule has 2 aliphatic carbocycles. The van der Waals surface area contributed by atoms with Crippen LogP contribution in [0.1, 0.15) is 115 Å². The molecule has 4 aliphatic rings. The lowest BCUT2D eigenvalue weighted by Crippen LogP contribution is -2.55. The number of pyridine rings is 1. The Bertz CT molecular complexity index is 2030. The molecule has 4 fully saturated rings. The summed E-state index contributed by atoms with van der Waals surface area (Å²) in [5.74, 6) is -0.225. The van der Waals surface area contributed by atoms with Gasteiger partial charge in [0.2, 0.25) is 13.3 Å². The van der Waals surface area contributed by atoms with Crippen LogP contribution in [-0.2, 0) is 18.9 Å². The number of benzene rings is 1. The Morgan fingerprint density at radius 2 is 1.74 bits per heavy atom. The van der Waals surface area contributed by atoms with Gasteiger partial charge in [0, 0.05) is 42.4 Å². The molecule has 2 saturated carbocycles. The first-order valence-electron chi connectivity index (χ1n) is 21.0. The number of ketones is 1. The van der Waals surface area contributed by atoms with E-state index in [1.807, 2.05) is 44.4 Å². The standard InChI is InChI=1S/C43H60N5O7PS/c1-25(2)44-41-46-34(24-57-41)33-20-37(32-18-17-26(3)28(5)39(32)45-33)54-31-19-35-36(49)22-43(56(6,52)53)21-29(43)14-10-8-7-9-13-27(4)38(40(50)48(35)23-31)47-42(51)55-30-15-11-12-16-30/h17-18,20,24-25,27,29-31,35,38H,7-16,19,21-23H2,1-6H3,(H,44,46)(H,47,51)(H,52,53)/t27?,29-,31-,35+,38+,43-/m1/s1. The second kappa shape index (κ2) is 17.0. The van der Waals surface area contributed by atoms with Crippen LogP contribution in [0, 0.1) is 25.7 Å². The van der Waals surface area contributed by atoms with Crippen molar-refractivity contribution in [2.24, 2.45) is 11.8 Å². The number of ether oxygens (including phenoxy) is 2. The fourth-order valence-corrected chi connectivity index (χ4v) is 12.1. The van der Waals surface area contributed by atoms with Gasteiger partial charge >= 0.3 is 6.09 Å². The normalized spacial score (nSPS) is 28.6. The Balaban J connectivity index is 1.23. The van der Waals surface area contributed by atoms with Crippen LogP contribution < -0.4 is 15.4 Å². The van der Waals surface area contributed by atoms with Crippen LogP contribution in [0.2, 0.25) is 0 Å². The molecule has 2 unspecified atom stereocenters. The Morgan fingerprint density at radius 3 is 2.46 bits per heavy atom. The zero-order valence-corrected chi connectivity index (χ0v) is 36.1. The molecule has 2 amide bonds. The Labute approximate surface area is 340 Å². The molecule has 0 bridgehead atoms. The Morgan fingerprint density at radius 1 is 1.02 bits per heavy atom. The van der Waals surface area contributed by atoms with Gasteiger partial charge in [0.05, 0.1) is 29.0 Å². The molecule has 57 heavy (non-hydrogen) atoms. The highest BCUT2D eigenvalue weighted by atomic mass is 32.1. The van der Waals surface area contributed by atoms with Gasteiger partial charge in [-0.2, -0.15) is 0 Å². The zero-order valence-electron chi connectivity index (χ0n) is 34.3. The number of hydrogen-bond donors (Lipinski definition) is 3. The number of carbonyl (C=O) groups is 3. The summed E-state index contributed by atoms with van der Waals surface area (Å²) in [6.07, 6.45) is 8.20. The number of nitrogens with zero attached hydrogens (tertiary/aromatic N) is 3. The lowest BCUT2D eigenvalue weighted by Gasteiger charge is -2.32. The summed E-state index contributed by atoms with van der Waals surface area (Å²) in [7, 11) is -3.65. The molecule has 310 valence electrons. The van der Waals surface area contributed by atoms with Gasteiger partial charge in [0.15, 0.2) is 10.9 Å². The summed E-state index contributed by atoms with van der Waals surface area (Å²) in [4.78, 5) is 65.4. The second-order valence-electron chi connectivity index (χ2n) is 17.7. The maximum atomic E-state index is 14.9. The number of nitrogens with one attached hydrogen (secondary N) is 2. The fourth-order valence-electron chi connectivity index (χ4n) is 9.39. The monoisotopic (exact) mass is 821 g/mol. The van der Waals surface area contributed by atoms with Crippen LogP contribution in [0.5, 0.6) is 5.75 Å². The van der Waals surface area contributed by atoms with Crippen LogP contribution in [0.15, 0.2) is 23.6 Å². The van der Waals surface area contributed by atoms with E-state index < -0.39 is 36.8 Å². The van der Waals surface area contributed by atoms with Gasteiger partial charge in [-0.1, -0.05) is 38.7 Å². The average Bonchev–Trinajstić information content (AvgIpc) is 3.57. The molecule has 3 N–H and O–H groups in total. The van der Waals surface area contributed by atoms with Crippen molar-refractivity contribution in [3.05, 3.63) is 34.7 Å². The molecule has 7 atom stereocenters. The van der Waals surface area contributed by atoms with E-state index in [4.69, 9.17) is 19.4 Å². The number of thiazole rings is 1. The number of Topliss-reactive ketones (excluding diaryl/α,β-unsaturated/α-hetero) is 1. The van der Waals surface area contributed by atoms with E-state index in [1.165, 1.54) is 18.0 Å². The minimum atomic E-state index is -3.65. The quantitative estimate of drug-likeness (QED) is 0.188. The van der Waals surface area contributed by atoms with Crippen LogP contribution in [0.3, 0.4) is 0 Å². The first-order valence-corrected chi connectivity index (χ1v) is 24.0. The van der Waals surface area contributed by atoms with Crippen molar-refractivity contribution < 1.29 is 33.3 Å². The van der Waals surface area contributed by atoms with Crippen LogP contribution in [0.25, 0.3) is 22.3 Å². The van der Waals surface area contributed by atoms with Gasteiger partial charge in [-0.15, -0.1) is 11.3 Å². The zero-order chi connectivity index (χ0) is 40.6. The SMILES string of the molecule is Cc1ccc2c(O[C@@H]3C[C@H]4C(=O)C[C@]5(P(C)(=O)O)C[C@H]5CCCCCCC(C)[C@H](NC(=O)OC5CCCC5)C(=O)N4C3)cc(-c3csc(NC(C)C)n3)nc2c1C. The van der Waals surface area contributed by atoms with Gasteiger partial charge in [0.25, 0.3) is 0 Å². The third-order valence-corrected chi connectivity index (χ3v) is 16.1. The first kappa shape index (κ1) is 41.6. The van der Waals surface area contributed by atoms with Gasteiger partial charge in [-0.25, -0.2) is 14.8 Å². The number of aryl methyl sites for hydroxylation is 2. The van der Waals surface area contributed by atoms with Crippen molar-refractivity contribution in [2.45, 2.75) is 154 Å². The summed E-state index contributed by atoms with van der Waals surface area (Å²) in [6.45, 7) is 11.7. The number of hydrogen-bond acceptors (Lipinski definition) is 10. The number of carbonyl (C=O) groups excluding carboxylic acids is 3. The Hall–Kier alpha value is -3.54. The third kappa shape index (κ3) is 9.05. The number of alkyl carbamates (subject to hydrolysis) is 1. The van der Waals surface area contributed by atoms with Crippen molar-refractivity contribution in [3.8, 4) is 17.1 Å². The van der Waals surface area contributed by atoms with Crippen molar-refractivity contribution in [1.82, 2.24) is 20.2 Å². The largest absolute Gasteiger partial charge is 0.488 e. The van der Waals surface area contributed by atoms with E-state index in [2.05, 4.69) is 24.5 Å². The van der Waals surface area contributed by atoms with E-state index in [0.717, 1.165) is 91.4 Å². The third-order valence-electron chi connectivity index (χ3n) is 13.0. The molecule has 4 heterocycles. The predicted octanol–water partition coefficient (Wildman–Crippen LogP) is 8.79. The maximum absolute atomic E-state index is 14.9. The average molecular weight is 822 g/mol. The fraction of sp³-hybridized carbons (Fsp3) is 0.651. The summed E-state index contributed by atoms with van der Waals surface area (Å²) in [6, 6.07) is 4.34. The molecule has 3 aromatic rings. The molecular formula is C43H60N5O7PS. The van der Waals surface area contributed by atoms with Crippen molar-refractivity contribution in [1.29, 1.82) is 0 Å². The smallest absolute Gasteiger partial charge is 0.408 e. The van der Waals surface area contributed by atoms with Gasteiger partial charge in [-0.3, -0.25) is 14.2 Å². The summed E-state index contributed by atoms with van der Waals surface area (Å²) in [5, 5.41) is 8.91. The van der Waals surface area contributed by atoms with Crippen LogP contribution in [0.4, 0.5) is 9.93 Å². The molecule has 12 nitrogen and oxygen atoms in total. The lowest BCUT2D eigenvalue weighted by molar-refractivity contribution is -0.140. The molecule has 1 aromatic carbocycles. The number of aromatic nitrogens is 2.